The van der Waals surface area contributed by atoms with Gasteiger partial charge in [-0.15, -0.1) is 11.8 Å². The first kappa shape index (κ1) is 18.9. The zero-order valence-corrected chi connectivity index (χ0v) is 17.7. The van der Waals surface area contributed by atoms with Crippen LogP contribution in [0.3, 0.4) is 0 Å². The minimum absolute atomic E-state index is 0.250. The molecule has 0 radical (unpaired) electrons. The van der Waals surface area contributed by atoms with Gasteiger partial charge in [0, 0.05) is 35.5 Å². The molecule has 0 fully saturated rings. The summed E-state index contributed by atoms with van der Waals surface area (Å²) in [4.78, 5) is 4.94. The SMILES string of the molecule is S=C(Nc1ccn2c1CSC2c1cccnc1)c1cccc(Oc2ccccc2)c1. The van der Waals surface area contributed by atoms with Crippen molar-refractivity contribution in [3.63, 3.8) is 0 Å². The van der Waals surface area contributed by atoms with Crippen LogP contribution in [0.1, 0.15) is 22.2 Å². The van der Waals surface area contributed by atoms with E-state index in [-0.39, 0.29) is 5.37 Å². The molecule has 0 bridgehead atoms. The number of thioether (sulfide) groups is 1. The van der Waals surface area contributed by atoms with E-state index in [4.69, 9.17) is 17.0 Å². The first-order valence-electron chi connectivity index (χ1n) is 9.63. The summed E-state index contributed by atoms with van der Waals surface area (Å²) in [6, 6.07) is 23.8. The van der Waals surface area contributed by atoms with Crippen molar-refractivity contribution < 1.29 is 4.74 Å². The number of para-hydroxylation sites is 1. The van der Waals surface area contributed by atoms with Crippen molar-refractivity contribution in [2.24, 2.45) is 0 Å². The van der Waals surface area contributed by atoms with Crippen molar-refractivity contribution >= 4 is 34.7 Å². The Hall–Kier alpha value is -3.09. The van der Waals surface area contributed by atoms with E-state index in [0.717, 1.165) is 28.5 Å². The van der Waals surface area contributed by atoms with Gasteiger partial charge in [-0.2, -0.15) is 0 Å². The van der Waals surface area contributed by atoms with Crippen molar-refractivity contribution in [2.45, 2.75) is 11.1 Å². The van der Waals surface area contributed by atoms with Crippen LogP contribution < -0.4 is 10.1 Å². The highest BCUT2D eigenvalue weighted by molar-refractivity contribution is 7.99. The van der Waals surface area contributed by atoms with Crippen LogP contribution in [-0.4, -0.2) is 14.5 Å². The van der Waals surface area contributed by atoms with Crippen LogP contribution in [-0.2, 0) is 5.75 Å². The third-order valence-electron chi connectivity index (χ3n) is 4.95. The molecule has 0 spiro atoms. The molecule has 1 aliphatic heterocycles. The number of benzene rings is 2. The largest absolute Gasteiger partial charge is 0.457 e. The zero-order chi connectivity index (χ0) is 20.3. The first-order valence-corrected chi connectivity index (χ1v) is 11.1. The van der Waals surface area contributed by atoms with Gasteiger partial charge in [-0.1, -0.05) is 48.6 Å². The predicted molar refractivity (Wildman–Crippen MR) is 126 cm³/mol. The summed E-state index contributed by atoms with van der Waals surface area (Å²) in [5.74, 6) is 2.49. The van der Waals surface area contributed by atoms with Gasteiger partial charge in [0.15, 0.2) is 0 Å². The summed E-state index contributed by atoms with van der Waals surface area (Å²) in [6.07, 6.45) is 5.86. The molecule has 0 saturated heterocycles. The molecule has 0 amide bonds. The second-order valence-corrected chi connectivity index (χ2v) is 8.41. The summed E-state index contributed by atoms with van der Waals surface area (Å²) < 4.78 is 8.23. The van der Waals surface area contributed by atoms with Crippen LogP contribution >= 0.6 is 24.0 Å². The molecule has 4 aromatic rings. The second kappa shape index (κ2) is 8.34. The molecule has 148 valence electrons. The van der Waals surface area contributed by atoms with Gasteiger partial charge in [0.25, 0.3) is 0 Å². The van der Waals surface area contributed by atoms with Crippen molar-refractivity contribution in [3.05, 3.63) is 108 Å². The summed E-state index contributed by atoms with van der Waals surface area (Å²) >= 11 is 7.59. The Balaban J connectivity index is 1.33. The molecular formula is C24H19N3OS2. The van der Waals surface area contributed by atoms with E-state index >= 15 is 0 Å². The van der Waals surface area contributed by atoms with Crippen LogP contribution in [0.25, 0.3) is 0 Å². The van der Waals surface area contributed by atoms with Crippen molar-refractivity contribution in [1.29, 1.82) is 0 Å². The maximum atomic E-state index is 5.94. The number of nitrogens with one attached hydrogen (secondary N) is 1. The maximum Gasteiger partial charge on any atom is 0.128 e. The normalized spacial score (nSPS) is 14.9. The molecule has 0 aliphatic carbocycles. The summed E-state index contributed by atoms with van der Waals surface area (Å²) in [6.45, 7) is 0. The summed E-state index contributed by atoms with van der Waals surface area (Å²) in [5.41, 5.74) is 4.42. The fourth-order valence-corrected chi connectivity index (χ4v) is 5.05. The average molecular weight is 430 g/mol. The molecule has 1 unspecified atom stereocenters. The highest BCUT2D eigenvalue weighted by Crippen LogP contribution is 2.43. The Morgan fingerprint density at radius 1 is 1.03 bits per heavy atom. The van der Waals surface area contributed by atoms with Crippen LogP contribution in [0.4, 0.5) is 5.69 Å². The number of aromatic nitrogens is 2. The molecular weight excluding hydrogens is 410 g/mol. The molecule has 0 saturated carbocycles. The topological polar surface area (TPSA) is 39.1 Å². The minimum Gasteiger partial charge on any atom is -0.457 e. The Bertz CT molecular complexity index is 1180. The van der Waals surface area contributed by atoms with E-state index in [0.29, 0.717) is 4.99 Å². The highest BCUT2D eigenvalue weighted by atomic mass is 32.2. The number of pyridine rings is 1. The van der Waals surface area contributed by atoms with Gasteiger partial charge in [-0.25, -0.2) is 0 Å². The molecule has 1 atom stereocenters. The Kier molecular flexibility index (Phi) is 5.26. The number of nitrogens with zero attached hydrogens (tertiary/aromatic N) is 2. The zero-order valence-electron chi connectivity index (χ0n) is 16.1. The summed E-state index contributed by atoms with van der Waals surface area (Å²) in [5, 5.41) is 3.68. The third kappa shape index (κ3) is 3.84. The van der Waals surface area contributed by atoms with E-state index in [1.54, 1.807) is 6.20 Å². The quantitative estimate of drug-likeness (QED) is 0.379. The third-order valence-corrected chi connectivity index (χ3v) is 6.54. The van der Waals surface area contributed by atoms with Gasteiger partial charge in [-0.3, -0.25) is 4.98 Å². The van der Waals surface area contributed by atoms with Crippen LogP contribution in [0.5, 0.6) is 11.5 Å². The summed E-state index contributed by atoms with van der Waals surface area (Å²) in [7, 11) is 0. The number of ether oxygens (including phenoxy) is 1. The Morgan fingerprint density at radius 2 is 1.90 bits per heavy atom. The Morgan fingerprint density at radius 3 is 2.73 bits per heavy atom. The number of thiocarbonyl (C=S) groups is 1. The van der Waals surface area contributed by atoms with Gasteiger partial charge >= 0.3 is 0 Å². The molecule has 3 heterocycles. The molecule has 4 nitrogen and oxygen atoms in total. The van der Waals surface area contributed by atoms with Crippen LogP contribution in [0, 0.1) is 0 Å². The number of rotatable bonds is 5. The minimum atomic E-state index is 0.250. The lowest BCUT2D eigenvalue weighted by atomic mass is 10.2. The van der Waals surface area contributed by atoms with E-state index in [9.17, 15) is 0 Å². The number of anilines is 1. The standard InChI is InChI=1S/C24H19N3OS2/c29-23(17-6-4-10-20(14-17)28-19-8-2-1-3-9-19)26-21-11-13-27-22(21)16-30-24(27)18-7-5-12-25-15-18/h1-15,24H,16H2,(H,26,29). The molecule has 5 rings (SSSR count). The van der Waals surface area contributed by atoms with E-state index < -0.39 is 0 Å². The van der Waals surface area contributed by atoms with Gasteiger partial charge in [0.05, 0.1) is 11.4 Å². The number of hydrogen-bond acceptors (Lipinski definition) is 4. The van der Waals surface area contributed by atoms with Crippen molar-refractivity contribution in [2.75, 3.05) is 5.32 Å². The Labute approximate surface area is 184 Å². The van der Waals surface area contributed by atoms with E-state index in [2.05, 4.69) is 33.2 Å². The molecule has 2 aromatic heterocycles. The fraction of sp³-hybridized carbons (Fsp3) is 0.0833. The van der Waals surface area contributed by atoms with Gasteiger partial charge in [-0.05, 0) is 36.4 Å². The molecule has 2 aromatic carbocycles. The maximum absolute atomic E-state index is 5.94. The van der Waals surface area contributed by atoms with E-state index in [1.807, 2.05) is 78.6 Å². The van der Waals surface area contributed by atoms with Crippen molar-refractivity contribution in [1.82, 2.24) is 9.55 Å². The molecule has 30 heavy (non-hydrogen) atoms. The van der Waals surface area contributed by atoms with E-state index in [1.165, 1.54) is 11.3 Å². The smallest absolute Gasteiger partial charge is 0.128 e. The molecule has 6 heteroatoms. The number of fused-ring (bicyclic) bond motifs is 1. The second-order valence-electron chi connectivity index (χ2n) is 6.93. The fourth-order valence-electron chi connectivity index (χ4n) is 3.50. The predicted octanol–water partition coefficient (Wildman–Crippen LogP) is 6.26. The number of hydrogen-bond donors (Lipinski definition) is 1. The van der Waals surface area contributed by atoms with Gasteiger partial charge < -0.3 is 14.6 Å². The van der Waals surface area contributed by atoms with Crippen molar-refractivity contribution in [3.8, 4) is 11.5 Å². The molecule has 1 N–H and O–H groups in total. The molecule has 1 aliphatic rings. The monoisotopic (exact) mass is 429 g/mol. The van der Waals surface area contributed by atoms with Crippen LogP contribution in [0.2, 0.25) is 0 Å². The average Bonchev–Trinajstić information content (AvgIpc) is 3.38. The lowest BCUT2D eigenvalue weighted by Gasteiger charge is -2.12. The van der Waals surface area contributed by atoms with Crippen LogP contribution in [0.15, 0.2) is 91.4 Å². The highest BCUT2D eigenvalue weighted by Gasteiger charge is 2.26. The van der Waals surface area contributed by atoms with Gasteiger partial charge in [0.2, 0.25) is 0 Å². The first-order chi connectivity index (χ1) is 14.8. The lowest BCUT2D eigenvalue weighted by molar-refractivity contribution is 0.482. The lowest BCUT2D eigenvalue weighted by Crippen LogP contribution is -2.11. The van der Waals surface area contributed by atoms with Gasteiger partial charge in [0.1, 0.15) is 21.9 Å².